The van der Waals surface area contributed by atoms with E-state index in [1.54, 1.807) is 6.08 Å². The molecule has 1 aliphatic rings. The molecule has 0 amide bonds. The highest BCUT2D eigenvalue weighted by molar-refractivity contribution is 5.37. The van der Waals surface area contributed by atoms with Crippen molar-refractivity contribution in [2.24, 2.45) is 0 Å². The quantitative estimate of drug-likeness (QED) is 0.547. The summed E-state index contributed by atoms with van der Waals surface area (Å²) in [7, 11) is 0. The highest BCUT2D eigenvalue weighted by Crippen LogP contribution is 2.27. The van der Waals surface area contributed by atoms with E-state index >= 15 is 0 Å². The van der Waals surface area contributed by atoms with Crippen LogP contribution >= 0.6 is 0 Å². The molecule has 2 nitrogen and oxygen atoms in total. The van der Waals surface area contributed by atoms with E-state index in [1.165, 1.54) is 16.7 Å². The Labute approximate surface area is 154 Å². The van der Waals surface area contributed by atoms with Crippen molar-refractivity contribution in [3.05, 3.63) is 57.7 Å². The van der Waals surface area contributed by atoms with Crippen LogP contribution in [0, 0.1) is 0 Å². The molecule has 0 heterocycles. The molecule has 0 aromatic carbocycles. The smallest absolute Gasteiger partial charge is 0.0965 e. The van der Waals surface area contributed by atoms with Crippen molar-refractivity contribution in [2.75, 3.05) is 0 Å². The van der Waals surface area contributed by atoms with Crippen LogP contribution in [0.25, 0.3) is 0 Å². The monoisotopic (exact) mass is 344 g/mol. The van der Waals surface area contributed by atoms with Crippen LogP contribution < -0.4 is 0 Å². The van der Waals surface area contributed by atoms with E-state index in [0.717, 1.165) is 42.4 Å². The molecule has 0 fully saturated rings. The van der Waals surface area contributed by atoms with Gasteiger partial charge in [-0.15, -0.1) is 0 Å². The van der Waals surface area contributed by atoms with Crippen molar-refractivity contribution in [3.63, 3.8) is 0 Å². The fourth-order valence-electron chi connectivity index (χ4n) is 2.96. The van der Waals surface area contributed by atoms with Gasteiger partial charge in [-0.25, -0.2) is 0 Å². The normalized spacial score (nSPS) is 22.2. The molecule has 0 aromatic rings. The average molecular weight is 345 g/mol. The van der Waals surface area contributed by atoms with Crippen molar-refractivity contribution in [2.45, 2.75) is 85.9 Å². The molecular weight excluding hydrogens is 308 g/mol. The molecule has 25 heavy (non-hydrogen) atoms. The predicted octanol–water partition coefficient (Wildman–Crippen LogP) is 5.79. The minimum Gasteiger partial charge on any atom is -0.385 e. The van der Waals surface area contributed by atoms with Gasteiger partial charge in [0.2, 0.25) is 0 Å². The lowest BCUT2D eigenvalue weighted by Crippen LogP contribution is -2.23. The minimum absolute atomic E-state index is 0.551. The second-order valence-electron chi connectivity index (χ2n) is 7.62. The highest BCUT2D eigenvalue weighted by Gasteiger charge is 2.22. The summed E-state index contributed by atoms with van der Waals surface area (Å²) in [4.78, 5) is 0. The molecule has 0 aromatic heterocycles. The maximum absolute atomic E-state index is 10.3. The zero-order valence-electron chi connectivity index (χ0n) is 16.9. The standard InChI is InChI=1S/C23H36O2/c1-16(2)9-7-10-17(3)11-8-12-18(4)13-14-21-15-22(24)19(5)20(6)23(21)25/h9,11,13,15,22-25H,7-8,10,12,14H2,1-6H3. The van der Waals surface area contributed by atoms with Gasteiger partial charge in [-0.3, -0.25) is 0 Å². The van der Waals surface area contributed by atoms with Crippen LogP contribution in [0.5, 0.6) is 0 Å². The zero-order valence-corrected chi connectivity index (χ0v) is 16.9. The molecule has 2 heteroatoms. The molecule has 140 valence electrons. The Morgan fingerprint density at radius 1 is 0.880 bits per heavy atom. The molecule has 0 saturated carbocycles. The first-order valence-electron chi connectivity index (χ1n) is 9.41. The fraction of sp³-hybridized carbons (Fsp3) is 0.565. The van der Waals surface area contributed by atoms with E-state index in [-0.39, 0.29) is 0 Å². The Kier molecular flexibility index (Phi) is 9.16. The first-order valence-corrected chi connectivity index (χ1v) is 9.41. The Hall–Kier alpha value is -1.38. The van der Waals surface area contributed by atoms with E-state index in [4.69, 9.17) is 0 Å². The molecule has 2 N–H and O–H groups in total. The van der Waals surface area contributed by atoms with Crippen molar-refractivity contribution in [1.29, 1.82) is 0 Å². The molecule has 0 bridgehead atoms. The Bertz CT molecular complexity index is 596. The lowest BCUT2D eigenvalue weighted by atomic mass is 9.87. The fourth-order valence-corrected chi connectivity index (χ4v) is 2.96. The molecule has 0 spiro atoms. The van der Waals surface area contributed by atoms with Crippen molar-refractivity contribution in [3.8, 4) is 0 Å². The van der Waals surface area contributed by atoms with Gasteiger partial charge in [0.05, 0.1) is 12.2 Å². The Balaban J connectivity index is 2.47. The number of allylic oxidation sites excluding steroid dienone is 6. The molecule has 2 unspecified atom stereocenters. The number of aliphatic hydroxyl groups excluding tert-OH is 2. The van der Waals surface area contributed by atoms with Crippen molar-refractivity contribution in [1.82, 2.24) is 0 Å². The third kappa shape index (κ3) is 7.58. The summed E-state index contributed by atoms with van der Waals surface area (Å²) < 4.78 is 0. The maximum Gasteiger partial charge on any atom is 0.0965 e. The minimum atomic E-state index is -0.557. The molecule has 1 rings (SSSR count). The van der Waals surface area contributed by atoms with Gasteiger partial charge >= 0.3 is 0 Å². The third-order valence-corrected chi connectivity index (χ3v) is 5.01. The van der Waals surface area contributed by atoms with Crippen LogP contribution in [0.2, 0.25) is 0 Å². The molecule has 1 aliphatic carbocycles. The number of rotatable bonds is 8. The predicted molar refractivity (Wildman–Crippen MR) is 109 cm³/mol. The Morgan fingerprint density at radius 2 is 1.44 bits per heavy atom. The summed E-state index contributed by atoms with van der Waals surface area (Å²) in [5.41, 5.74) is 6.83. The van der Waals surface area contributed by atoms with Crippen LogP contribution in [-0.2, 0) is 0 Å². The summed E-state index contributed by atoms with van der Waals surface area (Å²) in [6.45, 7) is 12.4. The largest absolute Gasteiger partial charge is 0.385 e. The molecular formula is C23H36O2. The van der Waals surface area contributed by atoms with Crippen molar-refractivity contribution >= 4 is 0 Å². The second-order valence-corrected chi connectivity index (χ2v) is 7.62. The summed E-state index contributed by atoms with van der Waals surface area (Å²) >= 11 is 0. The van der Waals surface area contributed by atoms with Gasteiger partial charge in [-0.05, 0) is 96.4 Å². The van der Waals surface area contributed by atoms with Crippen molar-refractivity contribution < 1.29 is 10.2 Å². The van der Waals surface area contributed by atoms with Gasteiger partial charge in [0.25, 0.3) is 0 Å². The lowest BCUT2D eigenvalue weighted by molar-refractivity contribution is 0.209. The summed E-state index contributed by atoms with van der Waals surface area (Å²) in [6, 6.07) is 0. The SMILES string of the molecule is CC(C)=CCCC(C)=CCCC(C)=CCC1=CC(O)C(C)=C(C)C1O. The van der Waals surface area contributed by atoms with Crippen LogP contribution in [0.3, 0.4) is 0 Å². The topological polar surface area (TPSA) is 40.5 Å². The summed E-state index contributed by atoms with van der Waals surface area (Å²) in [5, 5.41) is 20.4. The third-order valence-electron chi connectivity index (χ3n) is 5.01. The lowest BCUT2D eigenvalue weighted by Gasteiger charge is -2.25. The van der Waals surface area contributed by atoms with Crippen LogP contribution in [0.4, 0.5) is 0 Å². The molecule has 0 radical (unpaired) electrons. The van der Waals surface area contributed by atoms with Crippen LogP contribution in [-0.4, -0.2) is 22.4 Å². The van der Waals surface area contributed by atoms with Gasteiger partial charge in [0.1, 0.15) is 0 Å². The van der Waals surface area contributed by atoms with Gasteiger partial charge in [0.15, 0.2) is 0 Å². The van der Waals surface area contributed by atoms with E-state index in [2.05, 4.69) is 45.9 Å². The number of hydrogen-bond acceptors (Lipinski definition) is 2. The number of aliphatic hydroxyl groups is 2. The van der Waals surface area contributed by atoms with Gasteiger partial charge in [-0.2, -0.15) is 0 Å². The van der Waals surface area contributed by atoms with Gasteiger partial charge < -0.3 is 10.2 Å². The molecule has 0 saturated heterocycles. The van der Waals surface area contributed by atoms with E-state index in [9.17, 15) is 10.2 Å². The first kappa shape index (κ1) is 21.7. The average Bonchev–Trinajstić information content (AvgIpc) is 2.54. The number of hydrogen-bond donors (Lipinski definition) is 2. The maximum atomic E-state index is 10.3. The molecule has 0 aliphatic heterocycles. The van der Waals surface area contributed by atoms with Crippen LogP contribution in [0.15, 0.2) is 57.7 Å². The first-order chi connectivity index (χ1) is 11.7. The Morgan fingerprint density at radius 3 is 2.04 bits per heavy atom. The van der Waals surface area contributed by atoms with E-state index in [0.29, 0.717) is 6.42 Å². The van der Waals surface area contributed by atoms with Gasteiger partial charge in [-0.1, -0.05) is 34.9 Å². The zero-order chi connectivity index (χ0) is 19.0. The second kappa shape index (κ2) is 10.6. The van der Waals surface area contributed by atoms with Crippen LogP contribution in [0.1, 0.15) is 73.6 Å². The van der Waals surface area contributed by atoms with Gasteiger partial charge in [0, 0.05) is 0 Å². The highest BCUT2D eigenvalue weighted by atomic mass is 16.3. The summed E-state index contributed by atoms with van der Waals surface area (Å²) in [5.74, 6) is 0. The molecule has 2 atom stereocenters. The summed E-state index contributed by atoms with van der Waals surface area (Å²) in [6.07, 6.45) is 12.6. The van der Waals surface area contributed by atoms with E-state index in [1.807, 2.05) is 13.8 Å². The van der Waals surface area contributed by atoms with E-state index < -0.39 is 12.2 Å².